The first-order valence-electron chi connectivity index (χ1n) is 18.3. The largest absolute Gasteiger partial charge is 0.462 e. The number of hydrogen-bond donors (Lipinski definition) is 1. The van der Waals surface area contributed by atoms with Gasteiger partial charge < -0.3 is 19.4 Å². The second kappa shape index (κ2) is 12.8. The average Bonchev–Trinajstić information content (AvgIpc) is 3.67. The van der Waals surface area contributed by atoms with Crippen LogP contribution in [0.1, 0.15) is 92.6 Å². The number of aliphatic hydroxyl groups is 1. The molecular formula is C41H55NO7. The predicted molar refractivity (Wildman–Crippen MR) is 187 cm³/mol. The van der Waals surface area contributed by atoms with E-state index in [1.807, 2.05) is 37.3 Å². The fourth-order valence-electron chi connectivity index (χ4n) is 11.8. The molecule has 49 heavy (non-hydrogen) atoms. The molecule has 5 aliphatic rings. The Morgan fingerprint density at radius 2 is 1.76 bits per heavy atom. The Bertz CT molecular complexity index is 1550. The molecule has 0 saturated heterocycles. The van der Waals surface area contributed by atoms with Crippen LogP contribution in [0.15, 0.2) is 59.8 Å². The first-order chi connectivity index (χ1) is 23.2. The van der Waals surface area contributed by atoms with Crippen molar-refractivity contribution in [3.8, 4) is 0 Å². The molecule has 8 heteroatoms. The number of fused-ring (bicyclic) bond motifs is 2. The molecule has 0 bridgehead atoms. The number of Topliss-reactive ketones (excluding diaryl/α,β-unsaturated/α-hetero) is 1. The topological polar surface area (TPSA) is 111 Å². The van der Waals surface area contributed by atoms with Gasteiger partial charge >= 0.3 is 11.9 Å². The Morgan fingerprint density at radius 3 is 2.41 bits per heavy atom. The van der Waals surface area contributed by atoms with Crippen molar-refractivity contribution >= 4 is 23.4 Å². The molecule has 1 N–H and O–H groups in total. The minimum absolute atomic E-state index is 0.118. The Labute approximate surface area is 291 Å². The van der Waals surface area contributed by atoms with Crippen LogP contribution in [0.4, 0.5) is 0 Å². The highest BCUT2D eigenvalue weighted by atomic mass is 16.6. The smallest absolute Gasteiger partial charge is 0.303 e. The van der Waals surface area contributed by atoms with Crippen molar-refractivity contribution in [2.45, 2.75) is 106 Å². The van der Waals surface area contributed by atoms with E-state index in [1.165, 1.54) is 13.8 Å². The summed E-state index contributed by atoms with van der Waals surface area (Å²) in [6.07, 6.45) is 9.21. The number of ether oxygens (including phenoxy) is 2. The zero-order valence-corrected chi connectivity index (χ0v) is 30.4. The van der Waals surface area contributed by atoms with E-state index in [-0.39, 0.29) is 57.4 Å². The molecule has 12 atom stereocenters. The molecule has 266 valence electrons. The summed E-state index contributed by atoms with van der Waals surface area (Å²) in [4.78, 5) is 44.7. The normalized spacial score (nSPS) is 39.7. The van der Waals surface area contributed by atoms with E-state index >= 15 is 0 Å². The van der Waals surface area contributed by atoms with Gasteiger partial charge in [-0.1, -0.05) is 82.8 Å². The van der Waals surface area contributed by atoms with Crippen molar-refractivity contribution in [3.63, 3.8) is 0 Å². The maximum atomic E-state index is 13.9. The number of nitrogens with zero attached hydrogens (tertiary/aromatic N) is 1. The van der Waals surface area contributed by atoms with Gasteiger partial charge in [-0.2, -0.15) is 0 Å². The van der Waals surface area contributed by atoms with Crippen LogP contribution in [0.5, 0.6) is 0 Å². The van der Waals surface area contributed by atoms with Gasteiger partial charge in [-0.15, -0.1) is 0 Å². The Balaban J connectivity index is 1.30. The summed E-state index contributed by atoms with van der Waals surface area (Å²) >= 11 is 0. The summed E-state index contributed by atoms with van der Waals surface area (Å²) in [5.74, 6) is -1.16. The number of carbonyl (C=O) groups excluding carboxylic acids is 3. The molecule has 1 aromatic carbocycles. The van der Waals surface area contributed by atoms with E-state index in [9.17, 15) is 19.5 Å². The van der Waals surface area contributed by atoms with Gasteiger partial charge in [-0.05, 0) is 89.2 Å². The lowest BCUT2D eigenvalue weighted by atomic mass is 9.43. The zero-order chi connectivity index (χ0) is 35.5. The summed E-state index contributed by atoms with van der Waals surface area (Å²) in [5, 5.41) is 14.4. The predicted octanol–water partition coefficient (Wildman–Crippen LogP) is 7.25. The van der Waals surface area contributed by atoms with Crippen molar-refractivity contribution in [1.82, 2.24) is 0 Å². The molecule has 4 saturated carbocycles. The fourth-order valence-corrected chi connectivity index (χ4v) is 11.8. The minimum atomic E-state index is -1.08. The maximum absolute atomic E-state index is 13.9. The number of allylic oxidation sites excluding steroid dienone is 2. The molecule has 4 fully saturated rings. The lowest BCUT2D eigenvalue weighted by molar-refractivity contribution is -0.166. The van der Waals surface area contributed by atoms with Gasteiger partial charge in [-0.25, -0.2) is 0 Å². The van der Waals surface area contributed by atoms with Crippen LogP contribution in [-0.4, -0.2) is 47.4 Å². The first-order valence-corrected chi connectivity index (χ1v) is 18.3. The van der Waals surface area contributed by atoms with Crippen molar-refractivity contribution < 1.29 is 33.8 Å². The van der Waals surface area contributed by atoms with Gasteiger partial charge in [0.2, 0.25) is 0 Å². The molecular weight excluding hydrogens is 618 g/mol. The Morgan fingerprint density at radius 1 is 1.04 bits per heavy atom. The van der Waals surface area contributed by atoms with Crippen LogP contribution < -0.4 is 0 Å². The Kier molecular flexibility index (Phi) is 9.30. The van der Waals surface area contributed by atoms with Crippen LogP contribution in [0, 0.1) is 57.2 Å². The van der Waals surface area contributed by atoms with Crippen molar-refractivity contribution in [2.24, 2.45) is 62.3 Å². The van der Waals surface area contributed by atoms with Crippen LogP contribution in [0.2, 0.25) is 0 Å². The number of rotatable bonds is 11. The number of hydrogen-bond acceptors (Lipinski definition) is 8. The van der Waals surface area contributed by atoms with E-state index in [1.54, 1.807) is 6.92 Å². The molecule has 1 aromatic rings. The van der Waals surface area contributed by atoms with Crippen molar-refractivity contribution in [1.29, 1.82) is 0 Å². The number of ketones is 1. The van der Waals surface area contributed by atoms with Crippen LogP contribution >= 0.6 is 0 Å². The van der Waals surface area contributed by atoms with E-state index in [0.717, 1.165) is 43.4 Å². The van der Waals surface area contributed by atoms with E-state index in [0.29, 0.717) is 24.9 Å². The standard InChI is InChI=1S/C41H55NO7/c1-24(21-43)25(2)36(46)37(49-29(6)45)27(4)35-33(48-28(5)44)20-39(8)34-15-14-31-26(3)32(42-47-22-30-12-10-9-11-13-30)16-17-40(31)23-41(34,40)19-18-38(35,39)7/h9-13,16-17,24,26-27,31,33-35,37,43H,2,14-15,18-23H2,1,3-8H3/b42-32+/t24-,26-,27-,31-,33-,34-,35-,37+,38+,39-,40+,41-/m0/s1. The molecule has 0 aromatic heterocycles. The number of benzene rings is 1. The first kappa shape index (κ1) is 35.6. The van der Waals surface area contributed by atoms with Gasteiger partial charge in [0.05, 0.1) is 5.71 Å². The van der Waals surface area contributed by atoms with Crippen molar-refractivity contribution in [2.75, 3.05) is 6.61 Å². The molecule has 5 aliphatic carbocycles. The number of oxime groups is 1. The van der Waals surface area contributed by atoms with E-state index in [4.69, 9.17) is 14.3 Å². The van der Waals surface area contributed by atoms with Gasteiger partial charge in [0.25, 0.3) is 0 Å². The molecule has 0 unspecified atom stereocenters. The fraction of sp³-hybridized carbons (Fsp3) is 0.659. The van der Waals surface area contributed by atoms with E-state index < -0.39 is 30.0 Å². The molecule has 6 rings (SSSR count). The zero-order valence-electron chi connectivity index (χ0n) is 30.4. The summed E-state index contributed by atoms with van der Waals surface area (Å²) in [5.41, 5.74) is 2.20. The molecule has 8 nitrogen and oxygen atoms in total. The lowest BCUT2D eigenvalue weighted by Gasteiger charge is -2.61. The summed E-state index contributed by atoms with van der Waals surface area (Å²) in [6, 6.07) is 10.1. The molecule has 2 spiro atoms. The Hall–Kier alpha value is -3.26. The van der Waals surface area contributed by atoms with Gasteiger partial charge in [0, 0.05) is 44.1 Å². The van der Waals surface area contributed by atoms with Gasteiger partial charge in [-0.3, -0.25) is 14.4 Å². The SMILES string of the molecule is C=C(C(=O)[C@H](OC(C)=O)[C@@H](C)[C@H]1[C@@H](OC(C)=O)C[C@@]2(C)[C@@H]3CC[C@H]4[C@H](C)/C(=N/OCc5ccccc5)C=C[C@@]45C[C@@]35CC[C@]12C)[C@@H](C)CO. The number of esters is 2. The molecule has 0 radical (unpaired) electrons. The van der Waals surface area contributed by atoms with Crippen molar-refractivity contribution in [3.05, 3.63) is 60.2 Å². The lowest BCUT2D eigenvalue weighted by Crippen LogP contribution is -2.56. The quantitative estimate of drug-likeness (QED) is 0.150. The summed E-state index contributed by atoms with van der Waals surface area (Å²) in [6.45, 7) is 17.7. The van der Waals surface area contributed by atoms with Gasteiger partial charge in [0.1, 0.15) is 12.7 Å². The third-order valence-electron chi connectivity index (χ3n) is 14.4. The number of aliphatic hydroxyl groups excluding tert-OH is 1. The second-order valence-electron chi connectivity index (χ2n) is 16.6. The average molecular weight is 674 g/mol. The van der Waals surface area contributed by atoms with E-state index in [2.05, 4.69) is 44.7 Å². The number of carbonyl (C=O) groups is 3. The molecule has 0 heterocycles. The summed E-state index contributed by atoms with van der Waals surface area (Å²) in [7, 11) is 0. The highest BCUT2D eigenvalue weighted by Gasteiger charge is 2.81. The third kappa shape index (κ3) is 5.51. The highest BCUT2D eigenvalue weighted by Crippen LogP contribution is 2.87. The van der Waals surface area contributed by atoms with Gasteiger partial charge in [0.15, 0.2) is 11.9 Å². The van der Waals surface area contributed by atoms with Crippen LogP contribution in [0.25, 0.3) is 0 Å². The van der Waals surface area contributed by atoms with Crippen LogP contribution in [-0.2, 0) is 35.3 Å². The highest BCUT2D eigenvalue weighted by molar-refractivity contribution is 6.00. The maximum Gasteiger partial charge on any atom is 0.303 e. The second-order valence-corrected chi connectivity index (χ2v) is 16.6. The minimum Gasteiger partial charge on any atom is -0.462 e. The third-order valence-corrected chi connectivity index (χ3v) is 14.4. The summed E-state index contributed by atoms with van der Waals surface area (Å²) < 4.78 is 12.0. The molecule has 0 aliphatic heterocycles. The van der Waals surface area contributed by atoms with Crippen LogP contribution in [0.3, 0.4) is 0 Å². The molecule has 0 amide bonds. The monoisotopic (exact) mass is 673 g/mol.